The molecule has 2 aromatic rings. The van der Waals surface area contributed by atoms with E-state index in [1.165, 1.54) is 23.1 Å². The van der Waals surface area contributed by atoms with E-state index in [1.54, 1.807) is 18.0 Å². The van der Waals surface area contributed by atoms with Crippen molar-refractivity contribution in [2.45, 2.75) is 24.1 Å². The highest BCUT2D eigenvalue weighted by Gasteiger charge is 2.24. The third-order valence-corrected chi connectivity index (χ3v) is 5.75. The van der Waals surface area contributed by atoms with E-state index in [1.807, 2.05) is 12.1 Å². The highest BCUT2D eigenvalue weighted by Crippen LogP contribution is 2.30. The number of Topliss-reactive ketones (excluding diaryl/α,β-unsaturated/α-hetero) is 1. The number of ketones is 1. The Balaban J connectivity index is 1.61. The van der Waals surface area contributed by atoms with Crippen molar-refractivity contribution in [2.75, 3.05) is 29.6 Å². The molecule has 1 aromatic carbocycles. The van der Waals surface area contributed by atoms with Gasteiger partial charge in [-0.25, -0.2) is 0 Å². The van der Waals surface area contributed by atoms with Crippen LogP contribution in [0.2, 0.25) is 0 Å². The second-order valence-corrected chi connectivity index (χ2v) is 7.68. The molecule has 24 heavy (non-hydrogen) atoms. The van der Waals surface area contributed by atoms with Crippen LogP contribution in [0.15, 0.2) is 22.5 Å². The van der Waals surface area contributed by atoms with Gasteiger partial charge in [-0.05, 0) is 30.2 Å². The van der Waals surface area contributed by atoms with Crippen LogP contribution in [0.5, 0.6) is 0 Å². The maximum absolute atomic E-state index is 12.4. The van der Waals surface area contributed by atoms with Crippen LogP contribution in [0, 0.1) is 0 Å². The molecule has 1 amide bonds. The van der Waals surface area contributed by atoms with Gasteiger partial charge in [-0.1, -0.05) is 30.0 Å². The molecule has 2 heterocycles. The summed E-state index contributed by atoms with van der Waals surface area (Å²) in [6.07, 6.45) is 1.39. The fourth-order valence-electron chi connectivity index (χ4n) is 2.43. The van der Waals surface area contributed by atoms with E-state index < -0.39 is 0 Å². The number of anilines is 2. The average molecular weight is 362 g/mol. The number of likely N-dealkylation sites (N-methyl/N-ethyl adjacent to an activating group) is 1. The third kappa shape index (κ3) is 3.59. The van der Waals surface area contributed by atoms with Crippen LogP contribution in [0.3, 0.4) is 0 Å². The summed E-state index contributed by atoms with van der Waals surface area (Å²) in [6.45, 7) is 2.95. The summed E-state index contributed by atoms with van der Waals surface area (Å²) in [6, 6.07) is 5.45. The largest absolute Gasteiger partial charge is 0.360 e. The first-order valence-electron chi connectivity index (χ1n) is 7.71. The number of benzene rings is 1. The molecular formula is C16H18N4O2S2. The second-order valence-electron chi connectivity index (χ2n) is 5.48. The topological polar surface area (TPSA) is 75.2 Å². The van der Waals surface area contributed by atoms with Gasteiger partial charge in [0.2, 0.25) is 11.0 Å². The minimum atomic E-state index is 0.0306. The van der Waals surface area contributed by atoms with Gasteiger partial charge in [0.15, 0.2) is 10.1 Å². The summed E-state index contributed by atoms with van der Waals surface area (Å²) in [5, 5.41) is 12.1. The smallest absolute Gasteiger partial charge is 0.231 e. The number of nitrogens with zero attached hydrogens (tertiary/aromatic N) is 3. The summed E-state index contributed by atoms with van der Waals surface area (Å²) in [5.74, 6) is 0.401. The number of amides is 1. The molecule has 1 N–H and O–H groups in total. The zero-order valence-corrected chi connectivity index (χ0v) is 15.2. The minimum absolute atomic E-state index is 0.0306. The van der Waals surface area contributed by atoms with E-state index >= 15 is 0 Å². The molecule has 0 atom stereocenters. The van der Waals surface area contributed by atoms with Gasteiger partial charge in [0, 0.05) is 24.8 Å². The maximum atomic E-state index is 12.4. The monoisotopic (exact) mass is 362 g/mol. The van der Waals surface area contributed by atoms with Crippen molar-refractivity contribution >= 4 is 45.6 Å². The van der Waals surface area contributed by atoms with E-state index in [0.717, 1.165) is 33.7 Å². The lowest BCUT2D eigenvalue weighted by Gasteiger charge is -2.10. The zero-order valence-electron chi connectivity index (χ0n) is 13.5. The van der Waals surface area contributed by atoms with Crippen molar-refractivity contribution in [3.8, 4) is 0 Å². The van der Waals surface area contributed by atoms with Crippen LogP contribution in [-0.2, 0) is 11.2 Å². The fraction of sp³-hybridized carbons (Fsp3) is 0.375. The molecule has 8 heteroatoms. The molecule has 0 saturated heterocycles. The standard InChI is InChI=1S/C16H18N4O2S2/c1-3-6-17-15-18-19-16(24-15)23-9-13(21)10-4-5-12-11(7-10)8-14(22)20(12)2/h4-5,7H,3,6,8-9H2,1-2H3,(H,17,18). The fourth-order valence-corrected chi connectivity index (χ4v) is 4.10. The molecule has 0 fully saturated rings. The van der Waals surface area contributed by atoms with Crippen molar-refractivity contribution in [3.05, 3.63) is 29.3 Å². The molecule has 126 valence electrons. The van der Waals surface area contributed by atoms with Gasteiger partial charge in [-0.3, -0.25) is 9.59 Å². The molecule has 0 radical (unpaired) electrons. The van der Waals surface area contributed by atoms with E-state index in [4.69, 9.17) is 0 Å². The number of aromatic nitrogens is 2. The van der Waals surface area contributed by atoms with E-state index in [2.05, 4.69) is 22.4 Å². The van der Waals surface area contributed by atoms with Crippen molar-refractivity contribution in [1.82, 2.24) is 10.2 Å². The van der Waals surface area contributed by atoms with Gasteiger partial charge in [-0.15, -0.1) is 10.2 Å². The van der Waals surface area contributed by atoms with Crippen molar-refractivity contribution in [1.29, 1.82) is 0 Å². The predicted octanol–water partition coefficient (Wildman–Crippen LogP) is 2.85. The van der Waals surface area contributed by atoms with Crippen LogP contribution < -0.4 is 10.2 Å². The Morgan fingerprint density at radius 3 is 3.04 bits per heavy atom. The highest BCUT2D eigenvalue weighted by molar-refractivity contribution is 8.01. The SMILES string of the molecule is CCCNc1nnc(SCC(=O)c2ccc3c(c2)CC(=O)N3C)s1. The van der Waals surface area contributed by atoms with Crippen molar-refractivity contribution in [3.63, 3.8) is 0 Å². The van der Waals surface area contributed by atoms with Crippen LogP contribution >= 0.6 is 23.1 Å². The van der Waals surface area contributed by atoms with Crippen LogP contribution in [0.25, 0.3) is 0 Å². The summed E-state index contributed by atoms with van der Waals surface area (Å²) in [7, 11) is 1.76. The Bertz CT molecular complexity index is 775. The van der Waals surface area contributed by atoms with E-state index in [0.29, 0.717) is 17.7 Å². The molecule has 0 spiro atoms. The molecule has 3 rings (SSSR count). The molecule has 1 aliphatic heterocycles. The lowest BCUT2D eigenvalue weighted by Crippen LogP contribution is -2.20. The van der Waals surface area contributed by atoms with Gasteiger partial charge < -0.3 is 10.2 Å². The number of nitrogens with one attached hydrogen (secondary N) is 1. The van der Waals surface area contributed by atoms with Crippen LogP contribution in [0.4, 0.5) is 10.8 Å². The number of rotatable bonds is 7. The number of carbonyl (C=O) groups excluding carboxylic acids is 2. The molecule has 0 unspecified atom stereocenters. The maximum Gasteiger partial charge on any atom is 0.231 e. The number of thioether (sulfide) groups is 1. The Labute approximate surface area is 148 Å². The molecule has 0 bridgehead atoms. The summed E-state index contributed by atoms with van der Waals surface area (Å²) < 4.78 is 0.776. The van der Waals surface area contributed by atoms with Gasteiger partial charge in [0.25, 0.3) is 0 Å². The number of carbonyl (C=O) groups is 2. The van der Waals surface area contributed by atoms with E-state index in [-0.39, 0.29) is 11.7 Å². The summed E-state index contributed by atoms with van der Waals surface area (Å²) in [5.41, 5.74) is 2.44. The van der Waals surface area contributed by atoms with Gasteiger partial charge >= 0.3 is 0 Å². The third-order valence-electron chi connectivity index (χ3n) is 3.74. The number of hydrogen-bond acceptors (Lipinski definition) is 7. The summed E-state index contributed by atoms with van der Waals surface area (Å²) >= 11 is 2.85. The Kier molecular flexibility index (Phi) is 5.15. The number of hydrogen-bond donors (Lipinski definition) is 1. The molecular weight excluding hydrogens is 344 g/mol. The molecule has 0 aliphatic carbocycles. The minimum Gasteiger partial charge on any atom is -0.360 e. The van der Waals surface area contributed by atoms with Crippen LogP contribution in [-0.4, -0.2) is 41.2 Å². The highest BCUT2D eigenvalue weighted by atomic mass is 32.2. The molecule has 1 aromatic heterocycles. The van der Waals surface area contributed by atoms with Gasteiger partial charge in [-0.2, -0.15) is 0 Å². The first-order chi connectivity index (χ1) is 11.6. The number of fused-ring (bicyclic) bond motifs is 1. The Morgan fingerprint density at radius 1 is 1.42 bits per heavy atom. The van der Waals surface area contributed by atoms with Gasteiger partial charge in [0.1, 0.15) is 0 Å². The molecule has 6 nitrogen and oxygen atoms in total. The second kappa shape index (κ2) is 7.31. The summed E-state index contributed by atoms with van der Waals surface area (Å²) in [4.78, 5) is 25.7. The average Bonchev–Trinajstić information content (AvgIpc) is 3.15. The normalized spacial score (nSPS) is 13.2. The van der Waals surface area contributed by atoms with Crippen molar-refractivity contribution in [2.24, 2.45) is 0 Å². The van der Waals surface area contributed by atoms with Crippen molar-refractivity contribution < 1.29 is 9.59 Å². The zero-order chi connectivity index (χ0) is 17.1. The molecule has 1 aliphatic rings. The first-order valence-corrected chi connectivity index (χ1v) is 9.51. The Morgan fingerprint density at radius 2 is 2.25 bits per heavy atom. The predicted molar refractivity (Wildman–Crippen MR) is 97.3 cm³/mol. The first kappa shape index (κ1) is 16.9. The Hall–Kier alpha value is -1.93. The molecule has 0 saturated carbocycles. The quantitative estimate of drug-likeness (QED) is 0.603. The lowest BCUT2D eigenvalue weighted by atomic mass is 10.1. The van der Waals surface area contributed by atoms with E-state index in [9.17, 15) is 9.59 Å². The lowest BCUT2D eigenvalue weighted by molar-refractivity contribution is -0.117. The van der Waals surface area contributed by atoms with Crippen LogP contribution in [0.1, 0.15) is 29.3 Å². The van der Waals surface area contributed by atoms with Gasteiger partial charge in [0.05, 0.1) is 12.2 Å².